The summed E-state index contributed by atoms with van der Waals surface area (Å²) in [6.07, 6.45) is 0. The molecule has 0 bridgehead atoms. The highest BCUT2D eigenvalue weighted by Gasteiger charge is 2.15. The number of rotatable bonds is 6. The second-order valence-electron chi connectivity index (χ2n) is 4.71. The van der Waals surface area contributed by atoms with E-state index in [9.17, 15) is 14.7 Å². The van der Waals surface area contributed by atoms with Gasteiger partial charge in [-0.1, -0.05) is 28.1 Å². The molecule has 2 N–H and O–H groups in total. The topological polar surface area (TPSA) is 84.9 Å². The first-order chi connectivity index (χ1) is 11.5. The Kier molecular flexibility index (Phi) is 6.20. The summed E-state index contributed by atoms with van der Waals surface area (Å²) in [5.74, 6) is -0.985. The number of carbonyl (C=O) groups excluding carboxylic acids is 2. The van der Waals surface area contributed by atoms with Crippen molar-refractivity contribution in [3.05, 3.63) is 52.5 Å². The van der Waals surface area contributed by atoms with Crippen LogP contribution in [0.3, 0.4) is 0 Å². The third kappa shape index (κ3) is 4.73. The number of aromatic hydroxyl groups is 1. The fourth-order valence-corrected chi connectivity index (χ4v) is 2.28. The molecule has 1 amide bonds. The fraction of sp³-hybridized carbons (Fsp3) is 0.176. The van der Waals surface area contributed by atoms with E-state index in [2.05, 4.69) is 21.2 Å². The molecule has 0 heterocycles. The maximum atomic E-state index is 11.9. The molecule has 2 aromatic carbocycles. The summed E-state index contributed by atoms with van der Waals surface area (Å²) in [6.45, 7) is 1.82. The molecule has 0 aromatic heterocycles. The summed E-state index contributed by atoms with van der Waals surface area (Å²) >= 11 is 3.20. The van der Waals surface area contributed by atoms with E-state index < -0.39 is 18.5 Å². The van der Waals surface area contributed by atoms with Gasteiger partial charge in [0.2, 0.25) is 0 Å². The van der Waals surface area contributed by atoms with Crippen LogP contribution in [0.5, 0.6) is 11.5 Å². The van der Waals surface area contributed by atoms with E-state index in [0.717, 1.165) is 0 Å². The summed E-state index contributed by atoms with van der Waals surface area (Å²) in [4.78, 5) is 23.9. The van der Waals surface area contributed by atoms with E-state index in [0.29, 0.717) is 22.5 Å². The average molecular weight is 394 g/mol. The summed E-state index contributed by atoms with van der Waals surface area (Å²) in [5.41, 5.74) is 0.470. The van der Waals surface area contributed by atoms with Gasteiger partial charge in [-0.15, -0.1) is 0 Å². The minimum absolute atomic E-state index is 0.0214. The van der Waals surface area contributed by atoms with Crippen molar-refractivity contribution in [3.8, 4) is 11.5 Å². The predicted molar refractivity (Wildman–Crippen MR) is 92.3 cm³/mol. The van der Waals surface area contributed by atoms with Crippen molar-refractivity contribution in [2.75, 3.05) is 18.5 Å². The zero-order valence-corrected chi connectivity index (χ0v) is 14.5. The Hall–Kier alpha value is -2.54. The Balaban J connectivity index is 1.96. The third-order valence-electron chi connectivity index (χ3n) is 2.97. The predicted octanol–water partition coefficient (Wildman–Crippen LogP) is 3.35. The summed E-state index contributed by atoms with van der Waals surface area (Å²) in [7, 11) is 0. The first-order valence-electron chi connectivity index (χ1n) is 7.18. The van der Waals surface area contributed by atoms with Gasteiger partial charge in [0.25, 0.3) is 5.91 Å². The van der Waals surface area contributed by atoms with E-state index in [-0.39, 0.29) is 11.3 Å². The molecular formula is C17H16BrNO5. The Bertz CT molecular complexity index is 748. The standard InChI is InChI=1S/C17H16BrNO5/c1-2-23-15-6-4-3-5-13(15)19-16(21)10-24-17(22)12-9-11(18)7-8-14(12)20/h3-9,20H,2,10H2,1H3,(H,19,21). The molecule has 0 aliphatic rings. The summed E-state index contributed by atoms with van der Waals surface area (Å²) in [6, 6.07) is 11.3. The van der Waals surface area contributed by atoms with E-state index in [4.69, 9.17) is 9.47 Å². The molecule has 0 atom stereocenters. The molecule has 2 aromatic rings. The first-order valence-corrected chi connectivity index (χ1v) is 7.98. The zero-order valence-electron chi connectivity index (χ0n) is 12.9. The van der Waals surface area contributed by atoms with Gasteiger partial charge in [-0.3, -0.25) is 4.79 Å². The molecule has 0 unspecified atom stereocenters. The number of phenols is 1. The minimum Gasteiger partial charge on any atom is -0.507 e. The average Bonchev–Trinajstić information content (AvgIpc) is 2.57. The van der Waals surface area contributed by atoms with Crippen molar-refractivity contribution in [1.29, 1.82) is 0 Å². The SMILES string of the molecule is CCOc1ccccc1NC(=O)COC(=O)c1cc(Br)ccc1O. The van der Waals surface area contributed by atoms with Gasteiger partial charge in [0.1, 0.15) is 17.1 Å². The van der Waals surface area contributed by atoms with Crippen molar-refractivity contribution in [3.63, 3.8) is 0 Å². The van der Waals surface area contributed by atoms with Crippen molar-refractivity contribution in [1.82, 2.24) is 0 Å². The molecule has 0 spiro atoms. The number of hydrogen-bond acceptors (Lipinski definition) is 5. The lowest BCUT2D eigenvalue weighted by atomic mass is 10.2. The molecule has 0 aliphatic carbocycles. The van der Waals surface area contributed by atoms with Gasteiger partial charge in [-0.05, 0) is 37.3 Å². The minimum atomic E-state index is -0.790. The van der Waals surface area contributed by atoms with E-state index in [1.54, 1.807) is 30.3 Å². The molecular weight excluding hydrogens is 378 g/mol. The molecule has 24 heavy (non-hydrogen) atoms. The maximum absolute atomic E-state index is 11.9. The van der Waals surface area contributed by atoms with Gasteiger partial charge in [0, 0.05) is 4.47 Å². The highest BCUT2D eigenvalue weighted by Crippen LogP contribution is 2.24. The largest absolute Gasteiger partial charge is 0.507 e. The van der Waals surface area contributed by atoms with Gasteiger partial charge in [-0.2, -0.15) is 0 Å². The molecule has 7 heteroatoms. The van der Waals surface area contributed by atoms with Crippen LogP contribution in [0.15, 0.2) is 46.9 Å². The van der Waals surface area contributed by atoms with E-state index in [1.807, 2.05) is 6.92 Å². The molecule has 0 aliphatic heterocycles. The zero-order chi connectivity index (χ0) is 17.5. The smallest absolute Gasteiger partial charge is 0.342 e. The van der Waals surface area contributed by atoms with Crippen molar-refractivity contribution >= 4 is 33.5 Å². The van der Waals surface area contributed by atoms with Gasteiger partial charge in [0.05, 0.1) is 12.3 Å². The maximum Gasteiger partial charge on any atom is 0.342 e. The lowest BCUT2D eigenvalue weighted by Crippen LogP contribution is -2.21. The number of esters is 1. The normalized spacial score (nSPS) is 10.1. The van der Waals surface area contributed by atoms with Gasteiger partial charge >= 0.3 is 5.97 Å². The van der Waals surface area contributed by atoms with Crippen molar-refractivity contribution in [2.24, 2.45) is 0 Å². The van der Waals surface area contributed by atoms with Crippen LogP contribution in [0.1, 0.15) is 17.3 Å². The molecule has 126 valence electrons. The van der Waals surface area contributed by atoms with Crippen LogP contribution >= 0.6 is 15.9 Å². The van der Waals surface area contributed by atoms with E-state index in [1.165, 1.54) is 12.1 Å². The Morgan fingerprint density at radius 1 is 1.21 bits per heavy atom. The van der Waals surface area contributed by atoms with Gasteiger partial charge in [-0.25, -0.2) is 4.79 Å². The van der Waals surface area contributed by atoms with Crippen LogP contribution in [0.4, 0.5) is 5.69 Å². The highest BCUT2D eigenvalue weighted by molar-refractivity contribution is 9.10. The molecule has 0 radical (unpaired) electrons. The molecule has 0 fully saturated rings. The molecule has 6 nitrogen and oxygen atoms in total. The number of amides is 1. The van der Waals surface area contributed by atoms with Crippen LogP contribution in [-0.2, 0) is 9.53 Å². The lowest BCUT2D eigenvalue weighted by Gasteiger charge is -2.11. The first kappa shape index (κ1) is 17.8. The second-order valence-corrected chi connectivity index (χ2v) is 5.63. The van der Waals surface area contributed by atoms with Crippen molar-refractivity contribution < 1.29 is 24.2 Å². The second kappa shape index (κ2) is 8.35. The molecule has 2 rings (SSSR count). The van der Waals surface area contributed by atoms with Crippen LogP contribution in [0, 0.1) is 0 Å². The van der Waals surface area contributed by atoms with Crippen molar-refractivity contribution in [2.45, 2.75) is 6.92 Å². The molecule has 0 saturated heterocycles. The Labute approximate surface area is 147 Å². The Morgan fingerprint density at radius 3 is 2.71 bits per heavy atom. The van der Waals surface area contributed by atoms with E-state index >= 15 is 0 Å². The van der Waals surface area contributed by atoms with Crippen LogP contribution in [-0.4, -0.2) is 30.2 Å². The number of benzene rings is 2. The van der Waals surface area contributed by atoms with Gasteiger partial charge < -0.3 is 19.9 Å². The number of carbonyl (C=O) groups is 2. The number of anilines is 1. The highest BCUT2D eigenvalue weighted by atomic mass is 79.9. The van der Waals surface area contributed by atoms with Crippen LogP contribution in [0.25, 0.3) is 0 Å². The number of para-hydroxylation sites is 2. The lowest BCUT2D eigenvalue weighted by molar-refractivity contribution is -0.119. The number of hydrogen-bond donors (Lipinski definition) is 2. The van der Waals surface area contributed by atoms with Crippen LogP contribution in [0.2, 0.25) is 0 Å². The summed E-state index contributed by atoms with van der Waals surface area (Å²) < 4.78 is 10.9. The van der Waals surface area contributed by atoms with Gasteiger partial charge in [0.15, 0.2) is 6.61 Å². The molecule has 0 saturated carbocycles. The number of halogens is 1. The number of ether oxygens (including phenoxy) is 2. The third-order valence-corrected chi connectivity index (χ3v) is 3.47. The number of nitrogens with one attached hydrogen (secondary N) is 1. The van der Waals surface area contributed by atoms with Crippen LogP contribution < -0.4 is 10.1 Å². The fourth-order valence-electron chi connectivity index (χ4n) is 1.92. The summed E-state index contributed by atoms with van der Waals surface area (Å²) in [5, 5.41) is 12.3. The Morgan fingerprint density at radius 2 is 1.96 bits per heavy atom. The monoisotopic (exact) mass is 393 g/mol. The quantitative estimate of drug-likeness (QED) is 0.735. The number of phenolic OH excluding ortho intramolecular Hbond substituents is 1.